The molecule has 0 aromatic rings. The minimum atomic E-state index is 0.826. The van der Waals surface area contributed by atoms with Crippen molar-refractivity contribution in [1.29, 1.82) is 0 Å². The predicted octanol–water partition coefficient (Wildman–Crippen LogP) is 6.79. The first kappa shape index (κ1) is 19.0. The Hall–Kier alpha value is 0. The van der Waals surface area contributed by atoms with E-state index in [1.807, 2.05) is 0 Å². The van der Waals surface area contributed by atoms with Crippen molar-refractivity contribution in [2.24, 2.45) is 35.5 Å². The van der Waals surface area contributed by atoms with Gasteiger partial charge in [0.1, 0.15) is 0 Å². The van der Waals surface area contributed by atoms with E-state index in [-0.39, 0.29) is 0 Å². The molecule has 0 bridgehead atoms. The van der Waals surface area contributed by atoms with Gasteiger partial charge >= 0.3 is 0 Å². The second kappa shape index (κ2) is 9.83. The van der Waals surface area contributed by atoms with E-state index in [4.69, 9.17) is 0 Å². The van der Waals surface area contributed by atoms with Gasteiger partial charge in [-0.15, -0.1) is 0 Å². The predicted molar refractivity (Wildman–Crippen MR) is 89.4 cm³/mol. The zero-order valence-electron chi connectivity index (χ0n) is 15.0. The molecule has 0 heterocycles. The molecule has 0 nitrogen and oxygen atoms in total. The summed E-state index contributed by atoms with van der Waals surface area (Å²) in [4.78, 5) is 0. The number of rotatable bonds is 10. The van der Waals surface area contributed by atoms with Gasteiger partial charge in [0.15, 0.2) is 0 Å². The molecule has 0 aliphatic heterocycles. The Labute approximate surface area is 123 Å². The zero-order chi connectivity index (χ0) is 15.0. The van der Waals surface area contributed by atoms with Gasteiger partial charge < -0.3 is 0 Å². The second-order valence-corrected chi connectivity index (χ2v) is 7.57. The molecule has 0 aliphatic carbocycles. The molecule has 0 N–H and O–H groups in total. The molecule has 0 fully saturated rings. The van der Waals surface area contributed by atoms with Crippen molar-refractivity contribution in [2.75, 3.05) is 0 Å². The van der Waals surface area contributed by atoms with E-state index in [2.05, 4.69) is 55.4 Å². The van der Waals surface area contributed by atoms with Crippen LogP contribution in [-0.4, -0.2) is 0 Å². The van der Waals surface area contributed by atoms with E-state index >= 15 is 0 Å². The minimum Gasteiger partial charge on any atom is -0.0654 e. The quantitative estimate of drug-likeness (QED) is 0.409. The van der Waals surface area contributed by atoms with Crippen LogP contribution in [0.3, 0.4) is 0 Å². The van der Waals surface area contributed by atoms with Gasteiger partial charge in [-0.1, -0.05) is 81.1 Å². The highest BCUT2D eigenvalue weighted by Crippen LogP contribution is 2.37. The number of unbranched alkanes of at least 4 members (excludes halogenated alkanes) is 1. The molecule has 0 heteroatoms. The standard InChI is InChI=1S/C19H40/c1-9-11-12-16(7)13-19(15(5)6)17(8)18(10-2)14(3)4/h14-19H,9-13H2,1-8H3. The smallest absolute Gasteiger partial charge is 0.0360 e. The maximum absolute atomic E-state index is 2.52. The van der Waals surface area contributed by atoms with Crippen molar-refractivity contribution in [3.8, 4) is 0 Å². The molecule has 0 aromatic carbocycles. The van der Waals surface area contributed by atoms with Crippen LogP contribution in [0.25, 0.3) is 0 Å². The molecule has 19 heavy (non-hydrogen) atoms. The molecule has 116 valence electrons. The van der Waals surface area contributed by atoms with Gasteiger partial charge in [0.2, 0.25) is 0 Å². The Morgan fingerprint density at radius 3 is 1.63 bits per heavy atom. The van der Waals surface area contributed by atoms with Gasteiger partial charge in [-0.3, -0.25) is 0 Å². The van der Waals surface area contributed by atoms with Crippen molar-refractivity contribution in [3.63, 3.8) is 0 Å². The second-order valence-electron chi connectivity index (χ2n) is 7.57. The summed E-state index contributed by atoms with van der Waals surface area (Å²) in [5, 5.41) is 0. The third kappa shape index (κ3) is 6.82. The van der Waals surface area contributed by atoms with Crippen LogP contribution in [0.1, 0.15) is 87.5 Å². The van der Waals surface area contributed by atoms with E-state index in [0.717, 1.165) is 35.5 Å². The van der Waals surface area contributed by atoms with Crippen LogP contribution in [-0.2, 0) is 0 Å². The molecule has 0 amide bonds. The van der Waals surface area contributed by atoms with Crippen molar-refractivity contribution >= 4 is 0 Å². The van der Waals surface area contributed by atoms with Crippen LogP contribution in [0, 0.1) is 35.5 Å². The lowest BCUT2D eigenvalue weighted by molar-refractivity contribution is 0.127. The first-order chi connectivity index (χ1) is 8.84. The Balaban J connectivity index is 4.61. The van der Waals surface area contributed by atoms with Crippen molar-refractivity contribution in [2.45, 2.75) is 87.5 Å². The van der Waals surface area contributed by atoms with Crippen LogP contribution >= 0.6 is 0 Å². The van der Waals surface area contributed by atoms with E-state index in [9.17, 15) is 0 Å². The van der Waals surface area contributed by atoms with Gasteiger partial charge in [-0.2, -0.15) is 0 Å². The fourth-order valence-corrected chi connectivity index (χ4v) is 4.00. The average molecular weight is 269 g/mol. The van der Waals surface area contributed by atoms with Crippen molar-refractivity contribution < 1.29 is 0 Å². The summed E-state index contributed by atoms with van der Waals surface area (Å²) in [6.45, 7) is 19.3. The summed E-state index contributed by atoms with van der Waals surface area (Å²) in [5.74, 6) is 5.22. The molecule has 0 saturated carbocycles. The van der Waals surface area contributed by atoms with E-state index in [0.29, 0.717) is 0 Å². The fraction of sp³-hybridized carbons (Fsp3) is 1.00. The summed E-state index contributed by atoms with van der Waals surface area (Å²) in [6, 6.07) is 0. The molecule has 0 radical (unpaired) electrons. The average Bonchev–Trinajstić information content (AvgIpc) is 2.33. The molecule has 0 saturated heterocycles. The van der Waals surface area contributed by atoms with Crippen LogP contribution < -0.4 is 0 Å². The lowest BCUT2D eigenvalue weighted by Crippen LogP contribution is -2.29. The van der Waals surface area contributed by atoms with E-state index in [1.54, 1.807) is 0 Å². The Morgan fingerprint density at radius 2 is 1.26 bits per heavy atom. The van der Waals surface area contributed by atoms with Crippen LogP contribution in [0.2, 0.25) is 0 Å². The van der Waals surface area contributed by atoms with Crippen LogP contribution in [0.4, 0.5) is 0 Å². The lowest BCUT2D eigenvalue weighted by atomic mass is 9.69. The maximum Gasteiger partial charge on any atom is -0.0360 e. The number of hydrogen-bond acceptors (Lipinski definition) is 0. The Kier molecular flexibility index (Phi) is 9.83. The highest BCUT2D eigenvalue weighted by Gasteiger charge is 2.29. The topological polar surface area (TPSA) is 0 Å². The van der Waals surface area contributed by atoms with E-state index < -0.39 is 0 Å². The van der Waals surface area contributed by atoms with Gasteiger partial charge in [0, 0.05) is 0 Å². The van der Waals surface area contributed by atoms with Crippen molar-refractivity contribution in [1.82, 2.24) is 0 Å². The minimum absolute atomic E-state index is 0.826. The Bertz CT molecular complexity index is 204. The Morgan fingerprint density at radius 1 is 0.737 bits per heavy atom. The third-order valence-electron chi connectivity index (χ3n) is 5.26. The number of hydrogen-bond donors (Lipinski definition) is 0. The monoisotopic (exact) mass is 268 g/mol. The largest absolute Gasteiger partial charge is 0.0654 e. The molecular weight excluding hydrogens is 228 g/mol. The molecule has 0 spiro atoms. The molecule has 0 aromatic heterocycles. The first-order valence-electron chi connectivity index (χ1n) is 8.84. The summed E-state index contributed by atoms with van der Waals surface area (Å²) in [6.07, 6.45) is 6.94. The highest BCUT2D eigenvalue weighted by molar-refractivity contribution is 4.79. The fourth-order valence-electron chi connectivity index (χ4n) is 4.00. The molecule has 0 aliphatic rings. The molecule has 0 rings (SSSR count). The van der Waals surface area contributed by atoms with Crippen molar-refractivity contribution in [3.05, 3.63) is 0 Å². The van der Waals surface area contributed by atoms with Crippen LogP contribution in [0.5, 0.6) is 0 Å². The van der Waals surface area contributed by atoms with Gasteiger partial charge in [-0.05, 0) is 41.9 Å². The molecular formula is C19H40. The molecule has 4 atom stereocenters. The highest BCUT2D eigenvalue weighted by atomic mass is 14.3. The SMILES string of the molecule is CCCCC(C)CC(C(C)C)C(C)C(CC)C(C)C. The first-order valence-corrected chi connectivity index (χ1v) is 8.84. The lowest BCUT2D eigenvalue weighted by Gasteiger charge is -2.37. The van der Waals surface area contributed by atoms with Gasteiger partial charge in [-0.25, -0.2) is 0 Å². The molecule has 4 unspecified atom stereocenters. The summed E-state index contributed by atoms with van der Waals surface area (Å²) >= 11 is 0. The normalized spacial score (nSPS) is 18.6. The maximum atomic E-state index is 2.52. The zero-order valence-corrected chi connectivity index (χ0v) is 15.0. The summed E-state index contributed by atoms with van der Waals surface area (Å²) in [5.41, 5.74) is 0. The van der Waals surface area contributed by atoms with Gasteiger partial charge in [0.25, 0.3) is 0 Å². The summed E-state index contributed by atoms with van der Waals surface area (Å²) < 4.78 is 0. The third-order valence-corrected chi connectivity index (χ3v) is 5.26. The van der Waals surface area contributed by atoms with Crippen LogP contribution in [0.15, 0.2) is 0 Å². The van der Waals surface area contributed by atoms with Gasteiger partial charge in [0.05, 0.1) is 0 Å². The van der Waals surface area contributed by atoms with E-state index in [1.165, 1.54) is 32.1 Å². The summed E-state index contributed by atoms with van der Waals surface area (Å²) in [7, 11) is 0.